The number of nitrogens with zero attached hydrogens (tertiary/aromatic N) is 1. The highest BCUT2D eigenvalue weighted by atomic mass is 16.1. The number of nitrogens with one attached hydrogen (secondary N) is 3. The summed E-state index contributed by atoms with van der Waals surface area (Å²) in [5, 5.41) is 10.9. The van der Waals surface area contributed by atoms with Crippen molar-refractivity contribution in [2.45, 2.75) is 6.42 Å². The molecule has 4 rings (SSSR count). The molecule has 6 nitrogen and oxygen atoms in total. The van der Waals surface area contributed by atoms with Crippen LogP contribution in [0.2, 0.25) is 0 Å². The molecule has 0 unspecified atom stereocenters. The van der Waals surface area contributed by atoms with Crippen LogP contribution >= 0.6 is 0 Å². The van der Waals surface area contributed by atoms with Crippen molar-refractivity contribution in [3.8, 4) is 11.1 Å². The third-order valence-electron chi connectivity index (χ3n) is 4.76. The number of H-pyrrole nitrogens is 2. The standard InChI is InChI=1S/C21H21N5O/c22-10-15(9-14-5-2-1-3-6-14)21(27)26-19-8-4-7-17-18(13-23-20(17)19)16-11-24-25-12-16/h1-8,11-13,15,23H,9-10,22H2,(H,24,25)(H,26,27)/t15-/m0/s1. The summed E-state index contributed by atoms with van der Waals surface area (Å²) in [5.74, 6) is -0.362. The van der Waals surface area contributed by atoms with Crippen LogP contribution in [0.15, 0.2) is 67.1 Å². The molecule has 0 saturated carbocycles. The number of fused-ring (bicyclic) bond motifs is 1. The SMILES string of the molecule is NC[C@H](Cc1ccccc1)C(=O)Nc1cccc2c(-c3cn[nH]c3)c[nH]c12. The highest BCUT2D eigenvalue weighted by Gasteiger charge is 2.19. The van der Waals surface area contributed by atoms with Gasteiger partial charge in [-0.3, -0.25) is 9.89 Å². The molecule has 0 spiro atoms. The maximum absolute atomic E-state index is 12.8. The van der Waals surface area contributed by atoms with E-state index < -0.39 is 0 Å². The highest BCUT2D eigenvalue weighted by Crippen LogP contribution is 2.32. The Hall–Kier alpha value is -3.38. The minimum Gasteiger partial charge on any atom is -0.359 e. The molecule has 1 atom stereocenters. The van der Waals surface area contributed by atoms with Gasteiger partial charge in [0.25, 0.3) is 0 Å². The number of anilines is 1. The number of carbonyl (C=O) groups excluding carboxylic acids is 1. The van der Waals surface area contributed by atoms with E-state index in [4.69, 9.17) is 5.73 Å². The van der Waals surface area contributed by atoms with E-state index in [1.54, 1.807) is 6.20 Å². The minimum atomic E-state index is -0.286. The van der Waals surface area contributed by atoms with Crippen LogP contribution in [0, 0.1) is 5.92 Å². The topological polar surface area (TPSA) is 99.6 Å². The van der Waals surface area contributed by atoms with Gasteiger partial charge in [-0.1, -0.05) is 42.5 Å². The molecule has 0 aliphatic carbocycles. The first-order valence-corrected chi connectivity index (χ1v) is 8.90. The van der Waals surface area contributed by atoms with Crippen molar-refractivity contribution in [1.29, 1.82) is 0 Å². The third-order valence-corrected chi connectivity index (χ3v) is 4.76. The largest absolute Gasteiger partial charge is 0.359 e. The van der Waals surface area contributed by atoms with Gasteiger partial charge in [0.2, 0.25) is 5.91 Å². The molecule has 0 bridgehead atoms. The molecular weight excluding hydrogens is 338 g/mol. The molecule has 0 aliphatic heterocycles. The number of para-hydroxylation sites is 1. The Balaban J connectivity index is 1.58. The van der Waals surface area contributed by atoms with Gasteiger partial charge in [0.1, 0.15) is 0 Å². The number of nitrogens with two attached hydrogens (primary N) is 1. The quantitative estimate of drug-likeness (QED) is 0.425. The van der Waals surface area contributed by atoms with Gasteiger partial charge in [-0.05, 0) is 18.1 Å². The molecule has 2 aromatic carbocycles. The van der Waals surface area contributed by atoms with Crippen LogP contribution in [-0.4, -0.2) is 27.6 Å². The van der Waals surface area contributed by atoms with Crippen LogP contribution in [-0.2, 0) is 11.2 Å². The van der Waals surface area contributed by atoms with Gasteiger partial charge < -0.3 is 16.0 Å². The summed E-state index contributed by atoms with van der Waals surface area (Å²) >= 11 is 0. The summed E-state index contributed by atoms with van der Waals surface area (Å²) in [6.07, 6.45) is 6.16. The number of aromatic nitrogens is 3. The van der Waals surface area contributed by atoms with Crippen LogP contribution in [0.1, 0.15) is 5.56 Å². The predicted molar refractivity (Wildman–Crippen MR) is 107 cm³/mol. The van der Waals surface area contributed by atoms with E-state index in [1.165, 1.54) is 0 Å². The summed E-state index contributed by atoms with van der Waals surface area (Å²) in [4.78, 5) is 16.1. The molecule has 136 valence electrons. The molecule has 0 fully saturated rings. The Kier molecular flexibility index (Phi) is 4.72. The lowest BCUT2D eigenvalue weighted by molar-refractivity contribution is -0.119. The molecule has 4 aromatic rings. The van der Waals surface area contributed by atoms with Gasteiger partial charge in [0.05, 0.1) is 23.3 Å². The van der Waals surface area contributed by atoms with E-state index in [0.29, 0.717) is 13.0 Å². The molecular formula is C21H21N5O. The zero-order chi connectivity index (χ0) is 18.6. The van der Waals surface area contributed by atoms with E-state index >= 15 is 0 Å². The Morgan fingerprint density at radius 2 is 1.96 bits per heavy atom. The highest BCUT2D eigenvalue weighted by molar-refractivity contribution is 6.06. The Morgan fingerprint density at radius 1 is 1.11 bits per heavy atom. The Bertz CT molecular complexity index is 1040. The van der Waals surface area contributed by atoms with Gasteiger partial charge >= 0.3 is 0 Å². The monoisotopic (exact) mass is 359 g/mol. The average Bonchev–Trinajstić information content (AvgIpc) is 3.36. The summed E-state index contributed by atoms with van der Waals surface area (Å²) in [5.41, 5.74) is 10.6. The third kappa shape index (κ3) is 3.47. The molecule has 6 heteroatoms. The van der Waals surface area contributed by atoms with E-state index in [1.807, 2.05) is 60.9 Å². The van der Waals surface area contributed by atoms with Crippen LogP contribution in [0.3, 0.4) is 0 Å². The molecule has 2 aromatic heterocycles. The first-order valence-electron chi connectivity index (χ1n) is 8.90. The molecule has 0 aliphatic rings. The lowest BCUT2D eigenvalue weighted by Gasteiger charge is -2.15. The van der Waals surface area contributed by atoms with Crippen molar-refractivity contribution in [1.82, 2.24) is 15.2 Å². The normalized spacial score (nSPS) is 12.2. The molecule has 1 amide bonds. The van der Waals surface area contributed by atoms with Gasteiger partial charge in [-0.2, -0.15) is 5.10 Å². The second-order valence-corrected chi connectivity index (χ2v) is 6.53. The van der Waals surface area contributed by atoms with Crippen molar-refractivity contribution in [3.05, 3.63) is 72.7 Å². The number of hydrogen-bond donors (Lipinski definition) is 4. The minimum absolute atomic E-state index is 0.0756. The van der Waals surface area contributed by atoms with Gasteiger partial charge in [-0.25, -0.2) is 0 Å². The Morgan fingerprint density at radius 3 is 2.70 bits per heavy atom. The van der Waals surface area contributed by atoms with Crippen molar-refractivity contribution >= 4 is 22.5 Å². The second kappa shape index (κ2) is 7.47. The number of hydrogen-bond acceptors (Lipinski definition) is 3. The van der Waals surface area contributed by atoms with E-state index in [-0.39, 0.29) is 11.8 Å². The fraction of sp³-hybridized carbons (Fsp3) is 0.143. The van der Waals surface area contributed by atoms with Crippen LogP contribution < -0.4 is 11.1 Å². The van der Waals surface area contributed by atoms with Crippen molar-refractivity contribution in [3.63, 3.8) is 0 Å². The summed E-state index contributed by atoms with van der Waals surface area (Å²) in [7, 11) is 0. The summed E-state index contributed by atoms with van der Waals surface area (Å²) < 4.78 is 0. The lowest BCUT2D eigenvalue weighted by atomic mass is 9.98. The summed E-state index contributed by atoms with van der Waals surface area (Å²) in [6, 6.07) is 15.8. The first kappa shape index (κ1) is 17.1. The first-order chi connectivity index (χ1) is 13.3. The fourth-order valence-corrected chi connectivity index (χ4v) is 3.31. The fourth-order valence-electron chi connectivity index (χ4n) is 3.31. The van der Waals surface area contributed by atoms with Crippen LogP contribution in [0.5, 0.6) is 0 Å². The molecule has 0 radical (unpaired) electrons. The smallest absolute Gasteiger partial charge is 0.229 e. The molecule has 2 heterocycles. The maximum Gasteiger partial charge on any atom is 0.229 e. The maximum atomic E-state index is 12.8. The number of rotatable bonds is 6. The number of amides is 1. The zero-order valence-corrected chi connectivity index (χ0v) is 14.8. The molecule has 27 heavy (non-hydrogen) atoms. The van der Waals surface area contributed by atoms with E-state index in [9.17, 15) is 4.79 Å². The number of benzene rings is 2. The van der Waals surface area contributed by atoms with E-state index in [2.05, 4.69) is 20.5 Å². The lowest BCUT2D eigenvalue weighted by Crippen LogP contribution is -2.31. The van der Waals surface area contributed by atoms with Gasteiger partial charge in [0.15, 0.2) is 0 Å². The van der Waals surface area contributed by atoms with Gasteiger partial charge in [-0.15, -0.1) is 0 Å². The van der Waals surface area contributed by atoms with Crippen molar-refractivity contribution < 1.29 is 4.79 Å². The number of carbonyl (C=O) groups is 1. The second-order valence-electron chi connectivity index (χ2n) is 6.53. The van der Waals surface area contributed by atoms with Gasteiger partial charge in [0, 0.05) is 35.5 Å². The Labute approximate surface area is 156 Å². The van der Waals surface area contributed by atoms with Crippen LogP contribution in [0.4, 0.5) is 5.69 Å². The zero-order valence-electron chi connectivity index (χ0n) is 14.8. The molecule has 0 saturated heterocycles. The number of aromatic amines is 2. The van der Waals surface area contributed by atoms with Crippen molar-refractivity contribution in [2.24, 2.45) is 11.7 Å². The van der Waals surface area contributed by atoms with Crippen molar-refractivity contribution in [2.75, 3.05) is 11.9 Å². The predicted octanol–water partition coefficient (Wildman–Crippen LogP) is 3.31. The van der Waals surface area contributed by atoms with E-state index in [0.717, 1.165) is 33.3 Å². The van der Waals surface area contributed by atoms with Crippen LogP contribution in [0.25, 0.3) is 22.0 Å². The molecule has 5 N–H and O–H groups in total. The summed E-state index contributed by atoms with van der Waals surface area (Å²) in [6.45, 7) is 0.293. The average molecular weight is 359 g/mol.